The normalized spacial score (nSPS) is 25.7. The average molecular weight is 266 g/mol. The Labute approximate surface area is 111 Å². The number of aromatic nitrogens is 3. The van der Waals surface area contributed by atoms with Gasteiger partial charge in [-0.05, 0) is 26.3 Å². The largest absolute Gasteiger partial charge is 0.376 e. The lowest BCUT2D eigenvalue weighted by molar-refractivity contribution is 0.108. The van der Waals surface area contributed by atoms with Gasteiger partial charge in [0.25, 0.3) is 0 Å². The molecule has 3 heterocycles. The third kappa shape index (κ3) is 1.80. The minimum Gasteiger partial charge on any atom is -0.376 e. The van der Waals surface area contributed by atoms with Crippen LogP contribution < -0.4 is 0 Å². The molecular weight excluding hydrogens is 250 g/mol. The summed E-state index contributed by atoms with van der Waals surface area (Å²) in [4.78, 5) is 8.73. The molecule has 1 aliphatic heterocycles. The molecule has 18 heavy (non-hydrogen) atoms. The summed E-state index contributed by atoms with van der Waals surface area (Å²) in [6, 6.07) is 2.31. The Kier molecular flexibility index (Phi) is 2.99. The van der Waals surface area contributed by atoms with Crippen molar-refractivity contribution in [2.75, 3.05) is 6.61 Å². The highest BCUT2D eigenvalue weighted by molar-refractivity contribution is 6.20. The number of hydrogen-bond donors (Lipinski definition) is 0. The molecule has 0 spiro atoms. The highest BCUT2D eigenvalue weighted by Crippen LogP contribution is 2.34. The summed E-state index contributed by atoms with van der Waals surface area (Å²) in [5.41, 5.74) is 1.99. The van der Waals surface area contributed by atoms with E-state index in [1.807, 2.05) is 13.0 Å². The lowest BCUT2D eigenvalue weighted by Gasteiger charge is -2.20. The first-order chi connectivity index (χ1) is 8.68. The van der Waals surface area contributed by atoms with E-state index >= 15 is 0 Å². The number of nitrogens with zero attached hydrogens (tertiary/aromatic N) is 3. The summed E-state index contributed by atoms with van der Waals surface area (Å²) in [7, 11) is 0. The highest BCUT2D eigenvalue weighted by atomic mass is 35.5. The van der Waals surface area contributed by atoms with Gasteiger partial charge in [0.15, 0.2) is 0 Å². The van der Waals surface area contributed by atoms with E-state index in [0.717, 1.165) is 29.9 Å². The molecule has 2 aromatic heterocycles. The molecule has 3 atom stereocenters. The zero-order valence-corrected chi connectivity index (χ0v) is 11.3. The second-order valence-electron chi connectivity index (χ2n) is 4.75. The second kappa shape index (κ2) is 4.52. The molecule has 0 aliphatic carbocycles. The summed E-state index contributed by atoms with van der Waals surface area (Å²) < 4.78 is 7.89. The maximum absolute atomic E-state index is 6.26. The molecule has 3 rings (SSSR count). The number of imidazole rings is 1. The second-order valence-corrected chi connectivity index (χ2v) is 5.41. The van der Waals surface area contributed by atoms with E-state index in [2.05, 4.69) is 21.5 Å². The molecule has 96 valence electrons. The Morgan fingerprint density at radius 1 is 1.56 bits per heavy atom. The molecule has 0 N–H and O–H groups in total. The number of halogens is 1. The molecule has 0 saturated carbocycles. The van der Waals surface area contributed by atoms with Crippen molar-refractivity contribution in [1.29, 1.82) is 0 Å². The molecule has 0 amide bonds. The number of hydrogen-bond acceptors (Lipinski definition) is 3. The standard InChI is InChI=1S/C13H16ClN3O/c1-8(14)13-16-10-7-15-5-3-12(10)17(13)11-4-6-18-9(11)2/h3,5,7-9,11H,4,6H2,1-2H3. The van der Waals surface area contributed by atoms with Crippen molar-refractivity contribution in [1.82, 2.24) is 14.5 Å². The maximum atomic E-state index is 6.26. The van der Waals surface area contributed by atoms with Gasteiger partial charge in [-0.1, -0.05) is 0 Å². The Balaban J connectivity index is 2.21. The minimum atomic E-state index is -0.120. The fourth-order valence-electron chi connectivity index (χ4n) is 2.66. The van der Waals surface area contributed by atoms with Gasteiger partial charge in [0.2, 0.25) is 0 Å². The van der Waals surface area contributed by atoms with E-state index in [4.69, 9.17) is 16.3 Å². The van der Waals surface area contributed by atoms with Crippen LogP contribution in [0.1, 0.15) is 37.5 Å². The maximum Gasteiger partial charge on any atom is 0.128 e. The molecule has 0 aromatic carbocycles. The van der Waals surface area contributed by atoms with Gasteiger partial charge in [0.05, 0.1) is 29.2 Å². The fraction of sp³-hybridized carbons (Fsp3) is 0.538. The summed E-state index contributed by atoms with van der Waals surface area (Å²) in [6.45, 7) is 4.85. The predicted molar refractivity (Wildman–Crippen MR) is 70.9 cm³/mol. The van der Waals surface area contributed by atoms with Gasteiger partial charge in [-0.2, -0.15) is 0 Å². The Hall–Kier alpha value is -1.13. The van der Waals surface area contributed by atoms with Crippen LogP contribution in [0.4, 0.5) is 0 Å². The number of pyridine rings is 1. The lowest BCUT2D eigenvalue weighted by atomic mass is 10.1. The third-order valence-electron chi connectivity index (χ3n) is 3.54. The van der Waals surface area contributed by atoms with Gasteiger partial charge in [0, 0.05) is 12.8 Å². The van der Waals surface area contributed by atoms with Crippen molar-refractivity contribution >= 4 is 22.6 Å². The first kappa shape index (κ1) is 11.9. The molecule has 0 bridgehead atoms. The van der Waals surface area contributed by atoms with Gasteiger partial charge in [-0.25, -0.2) is 4.98 Å². The van der Waals surface area contributed by atoms with Crippen molar-refractivity contribution in [2.45, 2.75) is 37.8 Å². The van der Waals surface area contributed by atoms with Crippen LogP contribution in [-0.4, -0.2) is 27.2 Å². The van der Waals surface area contributed by atoms with Crippen molar-refractivity contribution in [3.63, 3.8) is 0 Å². The van der Waals surface area contributed by atoms with E-state index in [0.29, 0.717) is 6.04 Å². The van der Waals surface area contributed by atoms with Crippen LogP contribution in [0.15, 0.2) is 18.5 Å². The minimum absolute atomic E-state index is 0.120. The number of ether oxygens (including phenoxy) is 1. The van der Waals surface area contributed by atoms with E-state index < -0.39 is 0 Å². The molecule has 1 saturated heterocycles. The summed E-state index contributed by atoms with van der Waals surface area (Å²) >= 11 is 6.26. The molecule has 0 radical (unpaired) electrons. The van der Waals surface area contributed by atoms with Crippen LogP contribution in [0.25, 0.3) is 11.0 Å². The zero-order chi connectivity index (χ0) is 12.7. The van der Waals surface area contributed by atoms with E-state index in [1.165, 1.54) is 0 Å². The molecule has 1 aliphatic rings. The summed E-state index contributed by atoms with van der Waals surface area (Å²) in [6.07, 6.45) is 4.79. The Morgan fingerprint density at radius 3 is 3.06 bits per heavy atom. The Morgan fingerprint density at radius 2 is 2.39 bits per heavy atom. The number of alkyl halides is 1. The van der Waals surface area contributed by atoms with Crippen molar-refractivity contribution < 1.29 is 4.74 Å². The highest BCUT2D eigenvalue weighted by Gasteiger charge is 2.30. The molecule has 1 fully saturated rings. The fourth-order valence-corrected chi connectivity index (χ4v) is 2.81. The molecular formula is C13H16ClN3O. The first-order valence-corrected chi connectivity index (χ1v) is 6.69. The topological polar surface area (TPSA) is 39.9 Å². The number of fused-ring (bicyclic) bond motifs is 1. The van der Waals surface area contributed by atoms with E-state index in [1.54, 1.807) is 12.4 Å². The van der Waals surface area contributed by atoms with Gasteiger partial charge >= 0.3 is 0 Å². The molecule has 2 aromatic rings. The van der Waals surface area contributed by atoms with Crippen LogP contribution in [0.5, 0.6) is 0 Å². The SMILES string of the molecule is CC(Cl)c1nc2cnccc2n1C1CCOC1C. The summed E-state index contributed by atoms with van der Waals surface area (Å²) in [5.74, 6) is 0.905. The third-order valence-corrected chi connectivity index (χ3v) is 3.74. The quantitative estimate of drug-likeness (QED) is 0.784. The van der Waals surface area contributed by atoms with Crippen LogP contribution in [0, 0.1) is 0 Å². The molecule has 4 nitrogen and oxygen atoms in total. The van der Waals surface area contributed by atoms with Crippen molar-refractivity contribution in [3.05, 3.63) is 24.3 Å². The zero-order valence-electron chi connectivity index (χ0n) is 10.5. The van der Waals surface area contributed by atoms with Gasteiger partial charge in [-0.3, -0.25) is 4.98 Å². The predicted octanol–water partition coefficient (Wildman–Crippen LogP) is 3.08. The Bertz CT molecular complexity index is 566. The van der Waals surface area contributed by atoms with Crippen LogP contribution in [0.3, 0.4) is 0 Å². The molecule has 3 unspecified atom stereocenters. The van der Waals surface area contributed by atoms with Crippen molar-refractivity contribution in [2.24, 2.45) is 0 Å². The monoisotopic (exact) mass is 265 g/mol. The number of rotatable bonds is 2. The van der Waals surface area contributed by atoms with E-state index in [9.17, 15) is 0 Å². The van der Waals surface area contributed by atoms with Crippen molar-refractivity contribution in [3.8, 4) is 0 Å². The van der Waals surface area contributed by atoms with E-state index in [-0.39, 0.29) is 11.5 Å². The van der Waals surface area contributed by atoms with Crippen LogP contribution >= 0.6 is 11.6 Å². The molecule has 5 heteroatoms. The summed E-state index contributed by atoms with van der Waals surface area (Å²) in [5, 5.41) is -0.120. The van der Waals surface area contributed by atoms with Gasteiger partial charge in [-0.15, -0.1) is 11.6 Å². The van der Waals surface area contributed by atoms with Gasteiger partial charge < -0.3 is 9.30 Å². The van der Waals surface area contributed by atoms with Gasteiger partial charge in [0.1, 0.15) is 11.3 Å². The lowest BCUT2D eigenvalue weighted by Crippen LogP contribution is -2.19. The van der Waals surface area contributed by atoms with Crippen LogP contribution in [0.2, 0.25) is 0 Å². The van der Waals surface area contributed by atoms with Crippen LogP contribution in [-0.2, 0) is 4.74 Å². The average Bonchev–Trinajstić information content (AvgIpc) is 2.92. The smallest absolute Gasteiger partial charge is 0.128 e. The first-order valence-electron chi connectivity index (χ1n) is 6.26.